The summed E-state index contributed by atoms with van der Waals surface area (Å²) >= 11 is 0. The van der Waals surface area contributed by atoms with Crippen LogP contribution in [-0.4, -0.2) is 96.7 Å². The third-order valence-corrected chi connectivity index (χ3v) is 17.7. The molecule has 0 aromatic heterocycles. The molecule has 0 saturated heterocycles. The zero-order valence-corrected chi connectivity index (χ0v) is 65.3. The second-order valence-corrected chi connectivity index (χ2v) is 28.4. The Labute approximate surface area is 617 Å². The van der Waals surface area contributed by atoms with E-state index >= 15 is 0 Å². The summed E-state index contributed by atoms with van der Waals surface area (Å²) in [6.07, 6.45) is 84.0. The fourth-order valence-electron chi connectivity index (χ4n) is 9.92. The van der Waals surface area contributed by atoms with Crippen LogP contribution in [0, 0.1) is 0 Å². The Kier molecular flexibility index (Phi) is 70.5. The van der Waals surface area contributed by atoms with E-state index in [1.54, 1.807) is 0 Å². The Morgan fingerprint density at radius 2 is 0.510 bits per heavy atom. The van der Waals surface area contributed by atoms with Crippen LogP contribution < -0.4 is 0 Å². The molecular formula is C83H138O17P2. The zero-order valence-electron chi connectivity index (χ0n) is 63.5. The summed E-state index contributed by atoms with van der Waals surface area (Å²) in [5, 5.41) is 10.6. The fraction of sp³-hybridized carbons (Fsp3) is 0.663. The number of phosphoric ester groups is 2. The molecule has 5 unspecified atom stereocenters. The van der Waals surface area contributed by atoms with E-state index in [2.05, 4.69) is 174 Å². The smallest absolute Gasteiger partial charge is 0.462 e. The number of aliphatic hydroxyl groups excluding tert-OH is 1. The van der Waals surface area contributed by atoms with Crippen LogP contribution in [0.5, 0.6) is 0 Å². The predicted molar refractivity (Wildman–Crippen MR) is 417 cm³/mol. The number of phosphoric acid groups is 2. The van der Waals surface area contributed by atoms with Gasteiger partial charge in [0.25, 0.3) is 0 Å². The molecule has 0 bridgehead atoms. The first-order valence-electron chi connectivity index (χ1n) is 39.1. The fourth-order valence-corrected chi connectivity index (χ4v) is 11.5. The second-order valence-electron chi connectivity index (χ2n) is 25.5. The number of hydrogen-bond donors (Lipinski definition) is 3. The molecule has 102 heavy (non-hydrogen) atoms. The summed E-state index contributed by atoms with van der Waals surface area (Å²) < 4.78 is 68.5. The summed E-state index contributed by atoms with van der Waals surface area (Å²) in [6.45, 7) is 4.41. The lowest BCUT2D eigenvalue weighted by Crippen LogP contribution is -2.30. The summed E-state index contributed by atoms with van der Waals surface area (Å²) in [4.78, 5) is 73.0. The Balaban J connectivity index is 5.43. The van der Waals surface area contributed by atoms with Crippen molar-refractivity contribution in [3.8, 4) is 0 Å². The second kappa shape index (κ2) is 74.2. The lowest BCUT2D eigenvalue weighted by atomic mass is 10.1. The van der Waals surface area contributed by atoms with Crippen LogP contribution >= 0.6 is 15.6 Å². The molecule has 582 valence electrons. The van der Waals surface area contributed by atoms with Gasteiger partial charge < -0.3 is 33.8 Å². The van der Waals surface area contributed by atoms with Gasteiger partial charge in [0.05, 0.1) is 26.4 Å². The minimum absolute atomic E-state index is 0.0656. The number of rotatable bonds is 72. The Morgan fingerprint density at radius 3 is 0.804 bits per heavy atom. The Bertz CT molecular complexity index is 2510. The molecule has 0 spiro atoms. The molecule has 0 aromatic rings. The normalized spacial score (nSPS) is 14.7. The molecule has 0 saturated carbocycles. The maximum Gasteiger partial charge on any atom is 0.472 e. The van der Waals surface area contributed by atoms with Gasteiger partial charge in [-0.2, -0.15) is 0 Å². The molecule has 5 atom stereocenters. The summed E-state index contributed by atoms with van der Waals surface area (Å²) in [5.41, 5.74) is 0. The minimum atomic E-state index is -4.99. The van der Waals surface area contributed by atoms with Gasteiger partial charge in [0.2, 0.25) is 0 Å². The largest absolute Gasteiger partial charge is 0.472 e. The van der Waals surface area contributed by atoms with Crippen molar-refractivity contribution in [2.75, 3.05) is 39.6 Å². The standard InChI is InChI=1S/C83H138O17P2/c1-5-9-13-17-21-25-29-33-37-38-42-44-48-52-56-60-64-68-81(86)94-74-79(100-83(88)70-66-62-58-54-50-46-41-36-32-28-24-20-16-12-8-4)76-98-102(91,92)96-72-77(84)71-95-101(89,90)97-75-78(99-82(87)69-65-61-57-53-49-45-40-35-31-27-23-19-15-11-7-3)73-93-80(85)67-63-59-55-51-47-43-39-34-30-26-22-18-14-10-6-2/h9-10,12-14,16,21-28,33-37,39-41,47,51,77-79,84H,5-8,11,15,17-20,29-32,38,42-46,48-50,52-76H2,1-4H3,(H,89,90)(H,91,92)/b13-9-,14-10-,16-12-,25-21-,26-22-,27-23-,28-24-,37-33-,39-34-,40-35-,41-36-,51-47-. The van der Waals surface area contributed by atoms with Crippen LogP contribution in [-0.2, 0) is 65.4 Å². The number of carbonyl (C=O) groups is 4. The lowest BCUT2D eigenvalue weighted by molar-refractivity contribution is -0.161. The van der Waals surface area contributed by atoms with Crippen LogP contribution in [0.15, 0.2) is 146 Å². The number of allylic oxidation sites excluding steroid dienone is 24. The molecule has 3 N–H and O–H groups in total. The molecule has 0 radical (unpaired) electrons. The quantitative estimate of drug-likeness (QED) is 0.0169. The van der Waals surface area contributed by atoms with Crippen molar-refractivity contribution < 1.29 is 80.2 Å². The highest BCUT2D eigenvalue weighted by molar-refractivity contribution is 7.47. The van der Waals surface area contributed by atoms with Crippen molar-refractivity contribution in [1.82, 2.24) is 0 Å². The van der Waals surface area contributed by atoms with Gasteiger partial charge in [-0.1, -0.05) is 257 Å². The molecule has 0 aliphatic rings. The summed E-state index contributed by atoms with van der Waals surface area (Å²) in [6, 6.07) is 0. The highest BCUT2D eigenvalue weighted by Gasteiger charge is 2.30. The van der Waals surface area contributed by atoms with Crippen molar-refractivity contribution in [2.45, 2.75) is 316 Å². The van der Waals surface area contributed by atoms with Gasteiger partial charge in [-0.15, -0.1) is 0 Å². The van der Waals surface area contributed by atoms with Crippen LogP contribution in [0.3, 0.4) is 0 Å². The monoisotopic (exact) mass is 1470 g/mol. The summed E-state index contributed by atoms with van der Waals surface area (Å²) in [7, 11) is -9.99. The van der Waals surface area contributed by atoms with E-state index in [1.807, 2.05) is 0 Å². The van der Waals surface area contributed by atoms with Gasteiger partial charge >= 0.3 is 39.5 Å². The van der Waals surface area contributed by atoms with Gasteiger partial charge in [-0.25, -0.2) is 9.13 Å². The van der Waals surface area contributed by atoms with Crippen LogP contribution in [0.1, 0.15) is 297 Å². The third-order valence-electron chi connectivity index (χ3n) is 15.8. The molecule has 0 heterocycles. The molecule has 0 aromatic carbocycles. The minimum Gasteiger partial charge on any atom is -0.462 e. The molecule has 0 aliphatic carbocycles. The number of esters is 4. The topological polar surface area (TPSA) is 237 Å². The maximum atomic E-state index is 13.1. The molecule has 0 fully saturated rings. The zero-order chi connectivity index (χ0) is 74.6. The van der Waals surface area contributed by atoms with Gasteiger partial charge in [-0.3, -0.25) is 37.3 Å². The van der Waals surface area contributed by atoms with Gasteiger partial charge in [0.1, 0.15) is 19.3 Å². The first-order chi connectivity index (χ1) is 49.7. The SMILES string of the molecule is CC/C=C\C/C=C\C/C=C\C/C=C\CCCCC(=O)OCC(COP(=O)(O)OCC(O)COP(=O)(O)OCC(COC(=O)CCCCCCCCC/C=C\C/C=C\C/C=C\CC)OC(=O)CCCCCCC/C=C\C/C=C\C/C=C\CC)OC(=O)CCCCCCC/C=C\C/C=C\CCCCC. The average Bonchev–Trinajstić information content (AvgIpc) is 0.926. The van der Waals surface area contributed by atoms with Gasteiger partial charge in [0, 0.05) is 25.7 Å². The van der Waals surface area contributed by atoms with Crippen molar-refractivity contribution in [1.29, 1.82) is 0 Å². The molecule has 0 aliphatic heterocycles. The van der Waals surface area contributed by atoms with Crippen molar-refractivity contribution in [2.24, 2.45) is 0 Å². The maximum absolute atomic E-state index is 13.1. The number of carbonyl (C=O) groups excluding carboxylic acids is 4. The Hall–Kier alpha value is -5.06. The van der Waals surface area contributed by atoms with E-state index in [9.17, 15) is 43.2 Å². The van der Waals surface area contributed by atoms with E-state index < -0.39 is 97.5 Å². The number of aliphatic hydroxyl groups is 1. The van der Waals surface area contributed by atoms with Gasteiger partial charge in [-0.05, 0) is 161 Å². The third kappa shape index (κ3) is 73.3. The average molecular weight is 1470 g/mol. The highest BCUT2D eigenvalue weighted by atomic mass is 31.2. The Morgan fingerprint density at radius 1 is 0.284 bits per heavy atom. The number of unbranched alkanes of at least 4 members (excludes halogenated alkanes) is 22. The van der Waals surface area contributed by atoms with E-state index in [0.717, 1.165) is 199 Å². The molecule has 17 nitrogen and oxygen atoms in total. The molecule has 0 amide bonds. The van der Waals surface area contributed by atoms with Crippen LogP contribution in [0.4, 0.5) is 0 Å². The lowest BCUT2D eigenvalue weighted by Gasteiger charge is -2.21. The first kappa shape index (κ1) is 96.9. The van der Waals surface area contributed by atoms with E-state index in [-0.39, 0.29) is 25.7 Å². The van der Waals surface area contributed by atoms with Gasteiger partial charge in [0.15, 0.2) is 12.2 Å². The molecule has 19 heteroatoms. The van der Waals surface area contributed by atoms with Crippen molar-refractivity contribution in [3.05, 3.63) is 146 Å². The molecular weight excluding hydrogens is 1330 g/mol. The van der Waals surface area contributed by atoms with E-state index in [0.29, 0.717) is 25.7 Å². The number of ether oxygens (including phenoxy) is 4. The van der Waals surface area contributed by atoms with E-state index in [1.165, 1.54) is 19.3 Å². The number of hydrogen-bond acceptors (Lipinski definition) is 15. The highest BCUT2D eigenvalue weighted by Crippen LogP contribution is 2.45. The van der Waals surface area contributed by atoms with Crippen molar-refractivity contribution in [3.63, 3.8) is 0 Å². The van der Waals surface area contributed by atoms with Crippen LogP contribution in [0.2, 0.25) is 0 Å². The van der Waals surface area contributed by atoms with Crippen LogP contribution in [0.25, 0.3) is 0 Å². The summed E-state index contributed by atoms with van der Waals surface area (Å²) in [5.74, 6) is -2.27. The van der Waals surface area contributed by atoms with E-state index in [4.69, 9.17) is 37.0 Å². The van der Waals surface area contributed by atoms with Crippen molar-refractivity contribution >= 4 is 39.5 Å². The predicted octanol–water partition coefficient (Wildman–Crippen LogP) is 22.7. The molecule has 0 rings (SSSR count). The first-order valence-corrected chi connectivity index (χ1v) is 42.1.